The van der Waals surface area contributed by atoms with Crippen LogP contribution in [0.4, 0.5) is 5.82 Å². The molecule has 2 aromatic rings. The van der Waals surface area contributed by atoms with Crippen molar-refractivity contribution in [2.75, 3.05) is 45.2 Å². The van der Waals surface area contributed by atoms with E-state index in [9.17, 15) is 4.79 Å². The first-order valence-corrected chi connectivity index (χ1v) is 8.33. The average molecular weight is 324 g/mol. The van der Waals surface area contributed by atoms with Gasteiger partial charge < -0.3 is 9.80 Å². The lowest BCUT2D eigenvalue weighted by atomic mass is 10.1. The van der Waals surface area contributed by atoms with Crippen LogP contribution in [0.15, 0.2) is 48.7 Å². The Morgan fingerprint density at radius 2 is 1.75 bits per heavy atom. The first-order chi connectivity index (χ1) is 11.6. The molecule has 3 rings (SSSR count). The van der Waals surface area contributed by atoms with Crippen molar-refractivity contribution in [3.05, 3.63) is 59.8 Å². The summed E-state index contributed by atoms with van der Waals surface area (Å²) >= 11 is 0. The van der Waals surface area contributed by atoms with Gasteiger partial charge in [-0.25, -0.2) is 4.98 Å². The minimum atomic E-state index is 0.0751. The van der Waals surface area contributed by atoms with Crippen LogP contribution >= 0.6 is 0 Å². The fourth-order valence-corrected chi connectivity index (χ4v) is 3.04. The van der Waals surface area contributed by atoms with Gasteiger partial charge in [-0.3, -0.25) is 9.69 Å². The molecule has 0 N–H and O–H groups in total. The van der Waals surface area contributed by atoms with Crippen molar-refractivity contribution >= 4 is 11.7 Å². The topological polar surface area (TPSA) is 39.7 Å². The van der Waals surface area contributed by atoms with E-state index in [4.69, 9.17) is 0 Å². The number of piperazine rings is 1. The highest BCUT2D eigenvalue weighted by Crippen LogP contribution is 2.18. The lowest BCUT2D eigenvalue weighted by Crippen LogP contribution is -2.48. The number of pyridine rings is 1. The summed E-state index contributed by atoms with van der Waals surface area (Å²) < 4.78 is 0. The molecule has 2 heterocycles. The van der Waals surface area contributed by atoms with E-state index in [1.165, 1.54) is 5.56 Å². The Bertz CT molecular complexity index is 679. The van der Waals surface area contributed by atoms with Gasteiger partial charge in [0, 0.05) is 53.0 Å². The maximum Gasteiger partial charge on any atom is 0.257 e. The van der Waals surface area contributed by atoms with E-state index < -0.39 is 0 Å². The van der Waals surface area contributed by atoms with Crippen molar-refractivity contribution in [1.82, 2.24) is 14.8 Å². The lowest BCUT2D eigenvalue weighted by molar-refractivity contribution is 0.0629. The second-order valence-corrected chi connectivity index (χ2v) is 6.32. The Morgan fingerprint density at radius 3 is 2.42 bits per heavy atom. The molecule has 0 saturated carbocycles. The molecule has 5 nitrogen and oxygen atoms in total. The number of carbonyl (C=O) groups excluding carboxylic acids is 1. The number of rotatable bonds is 4. The molecule has 1 fully saturated rings. The van der Waals surface area contributed by atoms with Gasteiger partial charge in [0.25, 0.3) is 5.91 Å². The van der Waals surface area contributed by atoms with E-state index in [1.54, 1.807) is 6.20 Å². The van der Waals surface area contributed by atoms with E-state index in [-0.39, 0.29) is 5.91 Å². The highest BCUT2D eigenvalue weighted by Gasteiger charge is 2.24. The summed E-state index contributed by atoms with van der Waals surface area (Å²) in [5, 5.41) is 0. The third-order valence-electron chi connectivity index (χ3n) is 4.35. The number of carbonyl (C=O) groups is 1. The van der Waals surface area contributed by atoms with Gasteiger partial charge in [-0.1, -0.05) is 30.3 Å². The number of aromatic nitrogens is 1. The average Bonchev–Trinajstić information content (AvgIpc) is 2.62. The van der Waals surface area contributed by atoms with Crippen LogP contribution in [0.2, 0.25) is 0 Å². The van der Waals surface area contributed by atoms with Gasteiger partial charge in [-0.2, -0.15) is 0 Å². The normalized spacial score (nSPS) is 15.3. The summed E-state index contributed by atoms with van der Waals surface area (Å²) in [6, 6.07) is 14.2. The smallest absolute Gasteiger partial charge is 0.257 e. The van der Waals surface area contributed by atoms with Crippen molar-refractivity contribution < 1.29 is 4.79 Å². The van der Waals surface area contributed by atoms with Gasteiger partial charge in [-0.15, -0.1) is 0 Å². The number of hydrogen-bond acceptors (Lipinski definition) is 4. The predicted octanol–water partition coefficient (Wildman–Crippen LogP) is 2.11. The molecule has 5 heteroatoms. The molecule has 1 aromatic carbocycles. The minimum Gasteiger partial charge on any atom is -0.362 e. The van der Waals surface area contributed by atoms with Crippen LogP contribution in [0.3, 0.4) is 0 Å². The van der Waals surface area contributed by atoms with E-state index in [1.807, 2.05) is 42.1 Å². The van der Waals surface area contributed by atoms with E-state index >= 15 is 0 Å². The minimum absolute atomic E-state index is 0.0751. The van der Waals surface area contributed by atoms with Crippen LogP contribution in [-0.4, -0.2) is 61.0 Å². The predicted molar refractivity (Wildman–Crippen MR) is 96.2 cm³/mol. The third kappa shape index (κ3) is 3.74. The number of nitrogens with zero attached hydrogens (tertiary/aromatic N) is 4. The van der Waals surface area contributed by atoms with Gasteiger partial charge in [0.2, 0.25) is 0 Å². The molecular formula is C19H24N4O. The van der Waals surface area contributed by atoms with Crippen LogP contribution in [0.25, 0.3) is 0 Å². The summed E-state index contributed by atoms with van der Waals surface area (Å²) in [5.74, 6) is 0.806. The largest absolute Gasteiger partial charge is 0.362 e. The molecule has 1 aliphatic heterocycles. The van der Waals surface area contributed by atoms with Crippen LogP contribution in [0.1, 0.15) is 15.9 Å². The number of anilines is 1. The first kappa shape index (κ1) is 16.5. The van der Waals surface area contributed by atoms with E-state index in [0.717, 1.165) is 38.5 Å². The van der Waals surface area contributed by atoms with Crippen LogP contribution in [0, 0.1) is 0 Å². The SMILES string of the molecule is CN(C)c1ncccc1C(=O)N1CCN(Cc2ccccc2)CC1. The van der Waals surface area contributed by atoms with Crippen molar-refractivity contribution in [1.29, 1.82) is 0 Å². The number of benzene rings is 1. The number of amides is 1. The fraction of sp³-hybridized carbons (Fsp3) is 0.368. The molecule has 1 saturated heterocycles. The zero-order valence-electron chi connectivity index (χ0n) is 14.4. The Labute approximate surface area is 143 Å². The van der Waals surface area contributed by atoms with Gasteiger partial charge in [0.15, 0.2) is 0 Å². The van der Waals surface area contributed by atoms with Crippen molar-refractivity contribution in [3.8, 4) is 0 Å². The molecular weight excluding hydrogens is 300 g/mol. The van der Waals surface area contributed by atoms with Gasteiger partial charge >= 0.3 is 0 Å². The molecule has 0 unspecified atom stereocenters. The van der Waals surface area contributed by atoms with E-state index in [0.29, 0.717) is 5.56 Å². The first-order valence-electron chi connectivity index (χ1n) is 8.33. The van der Waals surface area contributed by atoms with Crippen LogP contribution in [-0.2, 0) is 6.54 Å². The zero-order chi connectivity index (χ0) is 16.9. The fourth-order valence-electron chi connectivity index (χ4n) is 3.04. The molecule has 0 atom stereocenters. The Balaban J connectivity index is 1.61. The van der Waals surface area contributed by atoms with Crippen molar-refractivity contribution in [2.45, 2.75) is 6.54 Å². The Morgan fingerprint density at radius 1 is 1.04 bits per heavy atom. The van der Waals surface area contributed by atoms with Crippen LogP contribution < -0.4 is 4.90 Å². The highest BCUT2D eigenvalue weighted by molar-refractivity contribution is 5.98. The molecule has 0 spiro atoms. The van der Waals surface area contributed by atoms with Gasteiger partial charge in [0.1, 0.15) is 5.82 Å². The summed E-state index contributed by atoms with van der Waals surface area (Å²) in [4.78, 5) is 23.4. The summed E-state index contributed by atoms with van der Waals surface area (Å²) in [7, 11) is 3.83. The molecule has 24 heavy (non-hydrogen) atoms. The monoisotopic (exact) mass is 324 g/mol. The Kier molecular flexibility index (Phi) is 5.11. The summed E-state index contributed by atoms with van der Waals surface area (Å²) in [6.45, 7) is 4.26. The molecule has 1 amide bonds. The third-order valence-corrected chi connectivity index (χ3v) is 4.35. The molecule has 0 aliphatic carbocycles. The Hall–Kier alpha value is -2.40. The van der Waals surface area contributed by atoms with Gasteiger partial charge in [-0.05, 0) is 17.7 Å². The lowest BCUT2D eigenvalue weighted by Gasteiger charge is -2.35. The highest BCUT2D eigenvalue weighted by atomic mass is 16.2. The molecule has 126 valence electrons. The molecule has 1 aliphatic rings. The zero-order valence-corrected chi connectivity index (χ0v) is 14.4. The van der Waals surface area contributed by atoms with E-state index in [2.05, 4.69) is 34.1 Å². The van der Waals surface area contributed by atoms with Crippen LogP contribution in [0.5, 0.6) is 0 Å². The second kappa shape index (κ2) is 7.45. The standard InChI is InChI=1S/C19H24N4O/c1-21(2)18-17(9-6-10-20-18)19(24)23-13-11-22(12-14-23)15-16-7-4-3-5-8-16/h3-10H,11-15H2,1-2H3. The summed E-state index contributed by atoms with van der Waals surface area (Å²) in [6.07, 6.45) is 1.73. The quantitative estimate of drug-likeness (QED) is 0.863. The van der Waals surface area contributed by atoms with Crippen molar-refractivity contribution in [2.24, 2.45) is 0 Å². The van der Waals surface area contributed by atoms with Gasteiger partial charge in [0.05, 0.1) is 5.56 Å². The molecule has 1 aromatic heterocycles. The molecule has 0 bridgehead atoms. The van der Waals surface area contributed by atoms with Crippen molar-refractivity contribution in [3.63, 3.8) is 0 Å². The second-order valence-electron chi connectivity index (χ2n) is 6.32. The summed E-state index contributed by atoms with van der Waals surface area (Å²) in [5.41, 5.74) is 2.00. The number of hydrogen-bond donors (Lipinski definition) is 0. The maximum absolute atomic E-state index is 12.8. The molecule has 0 radical (unpaired) electrons. The maximum atomic E-state index is 12.8.